The summed E-state index contributed by atoms with van der Waals surface area (Å²) in [6, 6.07) is 11.8. The number of nitrogens with zero attached hydrogens (tertiary/aromatic N) is 1. The molecule has 0 saturated heterocycles. The highest BCUT2D eigenvalue weighted by molar-refractivity contribution is 6.13. The number of cyclic esters (lactones) is 1. The molecule has 1 heterocycles. The van der Waals surface area contributed by atoms with Crippen molar-refractivity contribution < 1.29 is 28.6 Å². The molecular weight excluding hydrogens is 412 g/mol. The molecule has 0 atom stereocenters. The van der Waals surface area contributed by atoms with Gasteiger partial charge in [-0.1, -0.05) is 19.9 Å². The lowest BCUT2D eigenvalue weighted by molar-refractivity contribution is -0.138. The molecule has 0 radical (unpaired) electrons. The number of hydrogen-bond donors (Lipinski definition) is 1. The molecule has 0 fully saturated rings. The third kappa shape index (κ3) is 5.60. The Hall–Kier alpha value is -3.94. The quantitative estimate of drug-likeness (QED) is 0.400. The van der Waals surface area contributed by atoms with E-state index in [0.717, 1.165) is 0 Å². The standard InChI is InChI=1S/C24H24N2O6/c1-5-30-21-13-16(6-11-20(21)31-23(28)14(2)3)12-19-24(29)32-22(26-19)17-7-9-18(10-8-17)25-15(4)27/h6-14H,5H2,1-4H3,(H,25,27)/b19-12-. The van der Waals surface area contributed by atoms with E-state index in [2.05, 4.69) is 10.3 Å². The van der Waals surface area contributed by atoms with Crippen LogP contribution < -0.4 is 14.8 Å². The van der Waals surface area contributed by atoms with Gasteiger partial charge in [-0.15, -0.1) is 0 Å². The summed E-state index contributed by atoms with van der Waals surface area (Å²) in [5, 5.41) is 2.67. The molecule has 0 bridgehead atoms. The highest BCUT2D eigenvalue weighted by atomic mass is 16.6. The number of nitrogens with one attached hydrogen (secondary N) is 1. The summed E-state index contributed by atoms with van der Waals surface area (Å²) in [5.74, 6) is -0.536. The van der Waals surface area contributed by atoms with Crippen LogP contribution in [-0.4, -0.2) is 30.4 Å². The lowest BCUT2D eigenvalue weighted by Crippen LogP contribution is -2.15. The first-order chi connectivity index (χ1) is 15.3. The molecule has 1 amide bonds. The van der Waals surface area contributed by atoms with E-state index >= 15 is 0 Å². The summed E-state index contributed by atoms with van der Waals surface area (Å²) in [6.45, 7) is 7.12. The number of amides is 1. The van der Waals surface area contributed by atoms with Crippen LogP contribution in [0.4, 0.5) is 5.69 Å². The van der Waals surface area contributed by atoms with Crippen LogP contribution in [0.1, 0.15) is 38.8 Å². The fraction of sp³-hybridized carbons (Fsp3) is 0.250. The summed E-state index contributed by atoms with van der Waals surface area (Å²) in [7, 11) is 0. The first kappa shape index (κ1) is 22.7. The van der Waals surface area contributed by atoms with Crippen molar-refractivity contribution in [2.24, 2.45) is 10.9 Å². The van der Waals surface area contributed by atoms with Gasteiger partial charge in [-0.05, 0) is 55.0 Å². The predicted octanol–water partition coefficient (Wildman–Crippen LogP) is 3.95. The summed E-state index contributed by atoms with van der Waals surface area (Å²) < 4.78 is 16.3. The Morgan fingerprint density at radius 1 is 1.12 bits per heavy atom. The van der Waals surface area contributed by atoms with Gasteiger partial charge >= 0.3 is 11.9 Å². The lowest BCUT2D eigenvalue weighted by Gasteiger charge is -2.12. The number of hydrogen-bond acceptors (Lipinski definition) is 7. The van der Waals surface area contributed by atoms with Gasteiger partial charge in [0.15, 0.2) is 17.2 Å². The van der Waals surface area contributed by atoms with Gasteiger partial charge in [0, 0.05) is 18.2 Å². The smallest absolute Gasteiger partial charge is 0.363 e. The number of ether oxygens (including phenoxy) is 3. The van der Waals surface area contributed by atoms with E-state index in [1.165, 1.54) is 6.92 Å². The van der Waals surface area contributed by atoms with E-state index in [9.17, 15) is 14.4 Å². The molecule has 1 aliphatic heterocycles. The molecule has 0 aliphatic carbocycles. The minimum atomic E-state index is -0.584. The molecule has 1 N–H and O–H groups in total. The number of aliphatic imine (C=N–C) groups is 1. The van der Waals surface area contributed by atoms with Crippen LogP contribution in [0.2, 0.25) is 0 Å². The molecule has 0 saturated carbocycles. The third-order valence-electron chi connectivity index (χ3n) is 4.33. The second-order valence-corrected chi connectivity index (χ2v) is 7.31. The maximum Gasteiger partial charge on any atom is 0.363 e. The molecule has 2 aromatic carbocycles. The highest BCUT2D eigenvalue weighted by Gasteiger charge is 2.24. The molecule has 0 spiro atoms. The van der Waals surface area contributed by atoms with Crippen LogP contribution in [0.25, 0.3) is 6.08 Å². The molecule has 8 nitrogen and oxygen atoms in total. The van der Waals surface area contributed by atoms with E-state index in [0.29, 0.717) is 34.9 Å². The largest absolute Gasteiger partial charge is 0.490 e. The molecule has 0 unspecified atom stereocenters. The van der Waals surface area contributed by atoms with Gasteiger partial charge in [-0.2, -0.15) is 0 Å². The average molecular weight is 436 g/mol. The van der Waals surface area contributed by atoms with Crippen molar-refractivity contribution in [3.8, 4) is 11.5 Å². The number of anilines is 1. The van der Waals surface area contributed by atoms with Gasteiger partial charge in [-0.25, -0.2) is 9.79 Å². The van der Waals surface area contributed by atoms with Crippen LogP contribution in [0.15, 0.2) is 53.2 Å². The van der Waals surface area contributed by atoms with Gasteiger partial charge in [-0.3, -0.25) is 9.59 Å². The van der Waals surface area contributed by atoms with E-state index in [-0.39, 0.29) is 29.4 Å². The number of esters is 2. The molecular formula is C24H24N2O6. The van der Waals surface area contributed by atoms with E-state index in [4.69, 9.17) is 14.2 Å². The van der Waals surface area contributed by atoms with E-state index < -0.39 is 5.97 Å². The first-order valence-electron chi connectivity index (χ1n) is 10.2. The van der Waals surface area contributed by atoms with E-state index in [1.807, 2.05) is 6.92 Å². The zero-order valence-corrected chi connectivity index (χ0v) is 18.3. The van der Waals surface area contributed by atoms with Gasteiger partial charge in [0.1, 0.15) is 0 Å². The second-order valence-electron chi connectivity index (χ2n) is 7.31. The minimum absolute atomic E-state index is 0.125. The zero-order valence-electron chi connectivity index (χ0n) is 18.3. The van der Waals surface area contributed by atoms with Crippen molar-refractivity contribution in [1.82, 2.24) is 0 Å². The van der Waals surface area contributed by atoms with Crippen LogP contribution in [0.5, 0.6) is 11.5 Å². The van der Waals surface area contributed by atoms with Crippen molar-refractivity contribution in [1.29, 1.82) is 0 Å². The van der Waals surface area contributed by atoms with Crippen LogP contribution in [0.3, 0.4) is 0 Å². The van der Waals surface area contributed by atoms with Gasteiger partial charge in [0.25, 0.3) is 0 Å². The number of carbonyl (C=O) groups excluding carboxylic acids is 3. The summed E-state index contributed by atoms with van der Waals surface area (Å²) >= 11 is 0. The topological polar surface area (TPSA) is 103 Å². The van der Waals surface area contributed by atoms with Crippen molar-refractivity contribution in [3.05, 3.63) is 59.3 Å². The van der Waals surface area contributed by atoms with Gasteiger partial charge in [0.05, 0.1) is 12.5 Å². The molecule has 2 aromatic rings. The molecule has 3 rings (SSSR count). The minimum Gasteiger partial charge on any atom is -0.490 e. The summed E-state index contributed by atoms with van der Waals surface area (Å²) in [6.07, 6.45) is 1.57. The normalized spacial score (nSPS) is 14.2. The monoisotopic (exact) mass is 436 g/mol. The Morgan fingerprint density at radius 2 is 1.84 bits per heavy atom. The van der Waals surface area contributed by atoms with Crippen LogP contribution in [-0.2, 0) is 19.1 Å². The van der Waals surface area contributed by atoms with Gasteiger partial charge < -0.3 is 19.5 Å². The number of rotatable bonds is 7. The third-order valence-corrected chi connectivity index (χ3v) is 4.33. The maximum atomic E-state index is 12.3. The Balaban J connectivity index is 1.84. The van der Waals surface area contributed by atoms with Crippen LogP contribution >= 0.6 is 0 Å². The molecule has 166 valence electrons. The second kappa shape index (κ2) is 9.91. The SMILES string of the molecule is CCOc1cc(/C=C2\N=C(c3ccc(NC(C)=O)cc3)OC2=O)ccc1OC(=O)C(C)C. The molecule has 1 aliphatic rings. The maximum absolute atomic E-state index is 12.3. The fourth-order valence-corrected chi connectivity index (χ4v) is 2.78. The molecule has 8 heteroatoms. The van der Waals surface area contributed by atoms with Crippen molar-refractivity contribution >= 4 is 35.5 Å². The summed E-state index contributed by atoms with van der Waals surface area (Å²) in [4.78, 5) is 39.7. The Bertz CT molecular complexity index is 1100. The zero-order chi connectivity index (χ0) is 23.3. The van der Waals surface area contributed by atoms with Gasteiger partial charge in [0.2, 0.25) is 11.8 Å². The number of carbonyl (C=O) groups is 3. The van der Waals surface area contributed by atoms with Crippen molar-refractivity contribution in [3.63, 3.8) is 0 Å². The summed E-state index contributed by atoms with van der Waals surface area (Å²) in [5.41, 5.74) is 1.99. The Morgan fingerprint density at radius 3 is 2.47 bits per heavy atom. The van der Waals surface area contributed by atoms with E-state index in [1.54, 1.807) is 62.4 Å². The van der Waals surface area contributed by atoms with Crippen molar-refractivity contribution in [2.45, 2.75) is 27.7 Å². The fourth-order valence-electron chi connectivity index (χ4n) is 2.78. The highest BCUT2D eigenvalue weighted by Crippen LogP contribution is 2.31. The Kier molecular flexibility index (Phi) is 7.04. The van der Waals surface area contributed by atoms with Crippen LogP contribution in [0, 0.1) is 5.92 Å². The predicted molar refractivity (Wildman–Crippen MR) is 119 cm³/mol. The number of benzene rings is 2. The lowest BCUT2D eigenvalue weighted by atomic mass is 10.1. The molecule has 0 aromatic heterocycles. The molecule has 32 heavy (non-hydrogen) atoms. The Labute approximate surface area is 185 Å². The first-order valence-corrected chi connectivity index (χ1v) is 10.2. The average Bonchev–Trinajstić information content (AvgIpc) is 3.10. The van der Waals surface area contributed by atoms with Crippen molar-refractivity contribution in [2.75, 3.05) is 11.9 Å².